The van der Waals surface area contributed by atoms with Gasteiger partial charge in [-0.3, -0.25) is 14.2 Å². The number of nitrogens with one attached hydrogen (secondary N) is 1. The number of Topliss-reactive ketones (excluding diaryl/α,β-unsaturated/α-hetero) is 1. The molecule has 4 aromatic rings. The molecule has 0 atom stereocenters. The number of hydrogen-bond donors (Lipinski definition) is 1. The van der Waals surface area contributed by atoms with Crippen LogP contribution >= 0.6 is 11.8 Å². The van der Waals surface area contributed by atoms with Crippen molar-refractivity contribution < 1.29 is 14.3 Å². The number of carbonyl (C=O) groups excluding carboxylic acids is 2. The predicted molar refractivity (Wildman–Crippen MR) is 133 cm³/mol. The predicted octanol–water partition coefficient (Wildman–Crippen LogP) is 4.35. The number of ether oxygens (including phenoxy) is 1. The van der Waals surface area contributed by atoms with Gasteiger partial charge in [-0.1, -0.05) is 23.9 Å². The molecule has 0 saturated heterocycles. The smallest absolute Gasteiger partial charge is 0.355 e. The van der Waals surface area contributed by atoms with Crippen LogP contribution in [0.2, 0.25) is 0 Å². The van der Waals surface area contributed by atoms with Crippen molar-refractivity contribution in [1.82, 2.24) is 14.5 Å². The van der Waals surface area contributed by atoms with Crippen molar-refractivity contribution >= 4 is 34.4 Å². The summed E-state index contributed by atoms with van der Waals surface area (Å²) in [5.74, 6) is -0.709. The number of nitrogens with zero attached hydrogens (tertiary/aromatic N) is 3. The first-order valence-corrected chi connectivity index (χ1v) is 11.9. The highest BCUT2D eigenvalue weighted by molar-refractivity contribution is 7.99. The van der Waals surface area contributed by atoms with Gasteiger partial charge < -0.3 is 9.72 Å². The van der Waals surface area contributed by atoms with E-state index in [4.69, 9.17) is 10.00 Å². The highest BCUT2D eigenvalue weighted by Gasteiger charge is 2.23. The first kappa shape index (κ1) is 24.0. The third-order valence-electron chi connectivity index (χ3n) is 5.53. The Morgan fingerprint density at radius 1 is 1.14 bits per heavy atom. The average Bonchev–Trinajstić information content (AvgIpc) is 3.16. The molecule has 1 N–H and O–H groups in total. The van der Waals surface area contributed by atoms with E-state index in [-0.39, 0.29) is 29.4 Å². The third kappa shape index (κ3) is 4.61. The van der Waals surface area contributed by atoms with Crippen LogP contribution in [0.25, 0.3) is 16.6 Å². The van der Waals surface area contributed by atoms with E-state index in [1.807, 2.05) is 0 Å². The van der Waals surface area contributed by atoms with Crippen molar-refractivity contribution in [2.45, 2.75) is 25.9 Å². The summed E-state index contributed by atoms with van der Waals surface area (Å²) in [5.41, 5.74) is 3.06. The quantitative estimate of drug-likeness (QED) is 0.178. The van der Waals surface area contributed by atoms with Crippen LogP contribution in [-0.4, -0.2) is 38.6 Å². The molecule has 35 heavy (non-hydrogen) atoms. The third-order valence-corrected chi connectivity index (χ3v) is 6.47. The number of H-pyrrole nitrogens is 1. The number of carbonyl (C=O) groups is 2. The van der Waals surface area contributed by atoms with Gasteiger partial charge in [-0.15, -0.1) is 0 Å². The maximum absolute atomic E-state index is 13.4. The van der Waals surface area contributed by atoms with Crippen LogP contribution in [0.15, 0.2) is 58.5 Å². The summed E-state index contributed by atoms with van der Waals surface area (Å²) in [4.78, 5) is 46.4. The van der Waals surface area contributed by atoms with Gasteiger partial charge in [0.1, 0.15) is 5.69 Å². The highest BCUT2D eigenvalue weighted by atomic mass is 32.2. The van der Waals surface area contributed by atoms with Crippen molar-refractivity contribution in [3.8, 4) is 11.8 Å². The van der Waals surface area contributed by atoms with Gasteiger partial charge in [0, 0.05) is 11.3 Å². The Bertz CT molecular complexity index is 1540. The zero-order valence-corrected chi connectivity index (χ0v) is 20.2. The van der Waals surface area contributed by atoms with Crippen LogP contribution in [0.4, 0.5) is 0 Å². The van der Waals surface area contributed by atoms with Gasteiger partial charge in [-0.05, 0) is 62.7 Å². The molecule has 0 amide bonds. The van der Waals surface area contributed by atoms with E-state index in [0.29, 0.717) is 44.1 Å². The highest BCUT2D eigenvalue weighted by Crippen LogP contribution is 2.25. The number of rotatable bonds is 7. The Balaban J connectivity index is 1.72. The Kier molecular flexibility index (Phi) is 6.85. The molecule has 0 aliphatic heterocycles. The summed E-state index contributed by atoms with van der Waals surface area (Å²) in [6.07, 6.45) is 0. The van der Waals surface area contributed by atoms with Crippen molar-refractivity contribution in [2.75, 3.05) is 12.4 Å². The molecule has 0 saturated carbocycles. The molecule has 0 unspecified atom stereocenters. The van der Waals surface area contributed by atoms with Crippen molar-refractivity contribution in [2.24, 2.45) is 0 Å². The fourth-order valence-electron chi connectivity index (χ4n) is 3.90. The molecule has 2 heterocycles. The van der Waals surface area contributed by atoms with Crippen LogP contribution < -0.4 is 5.56 Å². The summed E-state index contributed by atoms with van der Waals surface area (Å²) in [7, 11) is 0. The van der Waals surface area contributed by atoms with E-state index in [1.165, 1.54) is 4.57 Å². The van der Waals surface area contributed by atoms with Crippen LogP contribution in [-0.2, 0) is 4.74 Å². The zero-order chi connectivity index (χ0) is 25.1. The van der Waals surface area contributed by atoms with Crippen LogP contribution in [0.1, 0.15) is 44.6 Å². The van der Waals surface area contributed by atoms with E-state index in [1.54, 1.807) is 69.3 Å². The maximum atomic E-state index is 13.4. The molecule has 2 aromatic carbocycles. The summed E-state index contributed by atoms with van der Waals surface area (Å²) < 4.78 is 6.51. The number of ketones is 1. The molecular weight excluding hydrogens is 464 g/mol. The van der Waals surface area contributed by atoms with Crippen molar-refractivity contribution in [1.29, 1.82) is 5.26 Å². The largest absolute Gasteiger partial charge is 0.461 e. The molecule has 0 bridgehead atoms. The molecule has 0 spiro atoms. The van der Waals surface area contributed by atoms with Gasteiger partial charge in [0.25, 0.3) is 5.56 Å². The lowest BCUT2D eigenvalue weighted by molar-refractivity contribution is 0.0519. The number of hydrogen-bond acceptors (Lipinski definition) is 7. The van der Waals surface area contributed by atoms with Crippen LogP contribution in [0.5, 0.6) is 0 Å². The fourth-order valence-corrected chi connectivity index (χ4v) is 4.78. The number of nitriles is 1. The number of fused-ring (bicyclic) bond motifs is 1. The molecular formula is C26H22N4O4S. The lowest BCUT2D eigenvalue weighted by atomic mass is 10.1. The molecule has 0 aliphatic rings. The van der Waals surface area contributed by atoms with Crippen molar-refractivity contribution in [3.05, 3.63) is 87.0 Å². The van der Waals surface area contributed by atoms with E-state index in [9.17, 15) is 14.4 Å². The van der Waals surface area contributed by atoms with E-state index >= 15 is 0 Å². The molecule has 9 heteroatoms. The number of benzene rings is 2. The second-order valence-electron chi connectivity index (χ2n) is 7.77. The monoisotopic (exact) mass is 486 g/mol. The second-order valence-corrected chi connectivity index (χ2v) is 8.71. The summed E-state index contributed by atoms with van der Waals surface area (Å²) in [5, 5.41) is 9.91. The van der Waals surface area contributed by atoms with Gasteiger partial charge in [-0.25, -0.2) is 9.78 Å². The van der Waals surface area contributed by atoms with Gasteiger partial charge >= 0.3 is 5.97 Å². The Morgan fingerprint density at radius 3 is 2.54 bits per heavy atom. The first-order chi connectivity index (χ1) is 16.8. The van der Waals surface area contributed by atoms with E-state index in [0.717, 1.165) is 11.8 Å². The van der Waals surface area contributed by atoms with Gasteiger partial charge in [0.05, 0.1) is 40.6 Å². The van der Waals surface area contributed by atoms with E-state index < -0.39 is 5.97 Å². The normalized spacial score (nSPS) is 10.8. The Morgan fingerprint density at radius 2 is 1.86 bits per heavy atom. The zero-order valence-electron chi connectivity index (χ0n) is 19.4. The topological polar surface area (TPSA) is 118 Å². The maximum Gasteiger partial charge on any atom is 0.355 e. The lowest BCUT2D eigenvalue weighted by Gasteiger charge is -2.13. The number of aryl methyl sites for hydroxylation is 1. The standard InChI is InChI=1S/C26H22N4O4S/c1-4-34-25(33)23-15(2)22(16(3)28-23)21(31)14-35-26-29-20-8-6-5-7-19(20)24(32)30(26)18-11-9-17(13-27)10-12-18/h5-12,28H,4,14H2,1-3H3. The molecule has 0 fully saturated rings. The SMILES string of the molecule is CCOC(=O)c1[nH]c(C)c(C(=O)CSc2nc3ccccc3c(=O)n2-c2ccc(C#N)cc2)c1C. The lowest BCUT2D eigenvalue weighted by Crippen LogP contribution is -2.22. The summed E-state index contributed by atoms with van der Waals surface area (Å²) in [6, 6.07) is 15.7. The minimum Gasteiger partial charge on any atom is -0.461 e. The fraction of sp³-hybridized carbons (Fsp3) is 0.192. The number of aromatic amines is 1. The van der Waals surface area contributed by atoms with Crippen LogP contribution in [0.3, 0.4) is 0 Å². The number of aromatic nitrogens is 3. The molecule has 8 nitrogen and oxygen atoms in total. The summed E-state index contributed by atoms with van der Waals surface area (Å²) in [6.45, 7) is 5.38. The van der Waals surface area contributed by atoms with Gasteiger partial charge in [0.2, 0.25) is 0 Å². The van der Waals surface area contributed by atoms with Crippen molar-refractivity contribution in [3.63, 3.8) is 0 Å². The number of thioether (sulfide) groups is 1. The van der Waals surface area contributed by atoms with Crippen LogP contribution in [0, 0.1) is 25.2 Å². The second kappa shape index (κ2) is 9.99. The molecule has 2 aromatic heterocycles. The molecule has 176 valence electrons. The molecule has 4 rings (SSSR count). The Hall–Kier alpha value is -4.16. The average molecular weight is 487 g/mol. The van der Waals surface area contributed by atoms with Gasteiger partial charge in [0.15, 0.2) is 10.9 Å². The Labute approximate surface area is 205 Å². The molecule has 0 radical (unpaired) electrons. The summed E-state index contributed by atoms with van der Waals surface area (Å²) >= 11 is 1.14. The minimum absolute atomic E-state index is 0.00284. The van der Waals surface area contributed by atoms with Gasteiger partial charge in [-0.2, -0.15) is 5.26 Å². The molecule has 0 aliphatic carbocycles. The van der Waals surface area contributed by atoms with E-state index in [2.05, 4.69) is 16.0 Å². The first-order valence-electron chi connectivity index (χ1n) is 10.9. The number of esters is 1. The number of para-hydroxylation sites is 1. The minimum atomic E-state index is -0.509.